The van der Waals surface area contributed by atoms with E-state index in [9.17, 15) is 14.4 Å². The lowest BCUT2D eigenvalue weighted by Gasteiger charge is -2.17. The molecule has 1 aromatic carbocycles. The van der Waals surface area contributed by atoms with E-state index in [0.717, 1.165) is 10.5 Å². The minimum atomic E-state index is -0.325. The Labute approximate surface area is 105 Å². The van der Waals surface area contributed by atoms with E-state index >= 15 is 0 Å². The highest BCUT2D eigenvalue weighted by Gasteiger charge is 2.26. The van der Waals surface area contributed by atoms with Gasteiger partial charge in [-0.05, 0) is 24.5 Å². The van der Waals surface area contributed by atoms with Gasteiger partial charge in [-0.15, -0.1) is 0 Å². The molecule has 0 spiro atoms. The van der Waals surface area contributed by atoms with Gasteiger partial charge in [-0.3, -0.25) is 14.4 Å². The van der Waals surface area contributed by atoms with E-state index in [1.807, 2.05) is 18.4 Å². The lowest BCUT2D eigenvalue weighted by atomic mass is 10.1. The molecule has 0 bridgehead atoms. The summed E-state index contributed by atoms with van der Waals surface area (Å²) in [5.74, 6) is -0.649. The zero-order valence-corrected chi connectivity index (χ0v) is 9.76. The minimum absolute atomic E-state index is 0.325. The number of aryl methyl sites for hydroxylation is 1. The number of hydrogen-bond acceptors (Lipinski definition) is 3. The van der Waals surface area contributed by atoms with Gasteiger partial charge in [0.15, 0.2) is 6.29 Å². The first-order chi connectivity index (χ1) is 8.74. The number of carbonyl (C=O) groups is 2. The fraction of sp³-hybridized carbons (Fsp3) is 0.214. The Bertz CT molecular complexity index is 502. The molecule has 1 aliphatic rings. The number of nitrogens with zero attached hydrogens (tertiary/aromatic N) is 1. The van der Waals surface area contributed by atoms with Crippen molar-refractivity contribution in [3.63, 3.8) is 0 Å². The molecular weight excluding hydrogens is 230 g/mol. The highest BCUT2D eigenvalue weighted by atomic mass is 16.2. The molecule has 1 aliphatic heterocycles. The van der Waals surface area contributed by atoms with E-state index in [-0.39, 0.29) is 11.8 Å². The van der Waals surface area contributed by atoms with Gasteiger partial charge >= 0.3 is 0 Å². The molecule has 0 N–H and O–H groups in total. The second kappa shape index (κ2) is 5.40. The predicted octanol–water partition coefficient (Wildman–Crippen LogP) is 1.55. The summed E-state index contributed by atoms with van der Waals surface area (Å²) in [6, 6.07) is 7.23. The minimum Gasteiger partial charge on any atom is -0.291 e. The van der Waals surface area contributed by atoms with Crippen LogP contribution in [0.4, 0.5) is 5.69 Å². The monoisotopic (exact) mass is 242 g/mol. The van der Waals surface area contributed by atoms with Gasteiger partial charge in [0.2, 0.25) is 0 Å². The van der Waals surface area contributed by atoms with Crippen molar-refractivity contribution >= 4 is 23.8 Å². The molecule has 0 unspecified atom stereocenters. The second-order valence-electron chi connectivity index (χ2n) is 3.97. The van der Waals surface area contributed by atoms with Crippen LogP contribution in [0.3, 0.4) is 0 Å². The summed E-state index contributed by atoms with van der Waals surface area (Å²) < 4.78 is 0. The van der Waals surface area contributed by atoms with Crippen molar-refractivity contribution in [2.24, 2.45) is 0 Å². The van der Waals surface area contributed by atoms with Crippen molar-refractivity contribution < 1.29 is 14.4 Å². The van der Waals surface area contributed by atoms with Crippen LogP contribution in [0, 0.1) is 0 Å². The number of unbranched alkanes of at least 4 members (excludes halogenated alkanes) is 1. The smallest absolute Gasteiger partial charge is 0.258 e. The number of anilines is 1. The number of imide groups is 1. The second-order valence-corrected chi connectivity index (χ2v) is 3.97. The summed E-state index contributed by atoms with van der Waals surface area (Å²) in [6.07, 6.45) is 6.01. The maximum atomic E-state index is 11.6. The normalized spacial score (nSPS) is 14.3. The van der Waals surface area contributed by atoms with Crippen LogP contribution in [0.15, 0.2) is 36.4 Å². The maximum absolute atomic E-state index is 11.6. The van der Waals surface area contributed by atoms with Crippen LogP contribution >= 0.6 is 0 Å². The number of rotatable bonds is 5. The van der Waals surface area contributed by atoms with Gasteiger partial charge < -0.3 is 0 Å². The first-order valence-electron chi connectivity index (χ1n) is 5.73. The molecule has 1 heterocycles. The summed E-state index contributed by atoms with van der Waals surface area (Å²) in [4.78, 5) is 34.6. The van der Waals surface area contributed by atoms with E-state index in [0.29, 0.717) is 24.9 Å². The molecule has 0 fully saturated rings. The molecule has 0 saturated heterocycles. The average Bonchev–Trinajstić information content (AvgIpc) is 2.70. The first-order valence-corrected chi connectivity index (χ1v) is 5.73. The Balaban J connectivity index is 2.24. The quantitative estimate of drug-likeness (QED) is 0.581. The third kappa shape index (κ3) is 2.37. The van der Waals surface area contributed by atoms with Crippen LogP contribution in [0.1, 0.15) is 18.4 Å². The molecule has 91 valence electrons. The molecule has 0 aliphatic carbocycles. The van der Waals surface area contributed by atoms with Gasteiger partial charge in [0.05, 0.1) is 5.69 Å². The Morgan fingerprint density at radius 2 is 1.72 bits per heavy atom. The van der Waals surface area contributed by atoms with E-state index in [1.54, 1.807) is 12.1 Å². The lowest BCUT2D eigenvalue weighted by Crippen LogP contribution is -2.30. The molecule has 1 radical (unpaired) electrons. The van der Waals surface area contributed by atoms with E-state index < -0.39 is 0 Å². The zero-order valence-electron chi connectivity index (χ0n) is 9.76. The van der Waals surface area contributed by atoms with Gasteiger partial charge in [-0.2, -0.15) is 0 Å². The molecule has 4 heteroatoms. The molecule has 0 aromatic heterocycles. The molecule has 2 rings (SSSR count). The number of hydrogen-bond donors (Lipinski definition) is 0. The van der Waals surface area contributed by atoms with Gasteiger partial charge in [0.25, 0.3) is 11.8 Å². The summed E-state index contributed by atoms with van der Waals surface area (Å²) in [7, 11) is 0. The van der Waals surface area contributed by atoms with Gasteiger partial charge in [-0.1, -0.05) is 18.2 Å². The van der Waals surface area contributed by atoms with Crippen LogP contribution < -0.4 is 4.90 Å². The third-order valence-corrected chi connectivity index (χ3v) is 2.77. The molecule has 1 aromatic rings. The lowest BCUT2D eigenvalue weighted by molar-refractivity contribution is -0.119. The van der Waals surface area contributed by atoms with Crippen molar-refractivity contribution in [3.05, 3.63) is 42.0 Å². The largest absolute Gasteiger partial charge is 0.291 e. The zero-order chi connectivity index (χ0) is 13.0. The van der Waals surface area contributed by atoms with Gasteiger partial charge in [-0.25, -0.2) is 4.90 Å². The number of para-hydroxylation sites is 1. The van der Waals surface area contributed by atoms with Crippen molar-refractivity contribution in [2.45, 2.75) is 19.3 Å². The molecule has 0 atom stereocenters. The van der Waals surface area contributed by atoms with Crippen LogP contribution in [0.25, 0.3) is 0 Å². The van der Waals surface area contributed by atoms with E-state index in [1.165, 1.54) is 12.2 Å². The predicted molar refractivity (Wildman–Crippen MR) is 66.7 cm³/mol. The van der Waals surface area contributed by atoms with Crippen molar-refractivity contribution in [2.75, 3.05) is 4.90 Å². The number of amides is 2. The maximum Gasteiger partial charge on any atom is 0.258 e. The van der Waals surface area contributed by atoms with Crippen molar-refractivity contribution in [1.82, 2.24) is 0 Å². The number of benzene rings is 1. The first kappa shape index (κ1) is 12.2. The third-order valence-electron chi connectivity index (χ3n) is 2.77. The Morgan fingerprint density at radius 3 is 2.39 bits per heavy atom. The van der Waals surface area contributed by atoms with E-state index in [4.69, 9.17) is 0 Å². The molecule has 0 saturated carbocycles. The Kier molecular flexibility index (Phi) is 3.67. The highest BCUT2D eigenvalue weighted by Crippen LogP contribution is 2.24. The van der Waals surface area contributed by atoms with Crippen LogP contribution in [0.2, 0.25) is 0 Å². The van der Waals surface area contributed by atoms with Crippen LogP contribution in [-0.2, 0) is 20.8 Å². The van der Waals surface area contributed by atoms with Gasteiger partial charge in [0, 0.05) is 18.6 Å². The van der Waals surface area contributed by atoms with Gasteiger partial charge in [0.1, 0.15) is 0 Å². The molecular formula is C14H12NO3. The highest BCUT2D eigenvalue weighted by molar-refractivity contribution is 6.28. The summed E-state index contributed by atoms with van der Waals surface area (Å²) in [5, 5.41) is 0. The van der Waals surface area contributed by atoms with E-state index in [2.05, 4.69) is 0 Å². The number of carbonyl (C=O) groups excluding carboxylic acids is 3. The summed E-state index contributed by atoms with van der Waals surface area (Å²) in [6.45, 7) is 0. The molecule has 18 heavy (non-hydrogen) atoms. The van der Waals surface area contributed by atoms with Crippen LogP contribution in [0.5, 0.6) is 0 Å². The molecule has 4 nitrogen and oxygen atoms in total. The average molecular weight is 242 g/mol. The van der Waals surface area contributed by atoms with Crippen molar-refractivity contribution in [1.29, 1.82) is 0 Å². The fourth-order valence-corrected chi connectivity index (χ4v) is 1.93. The molecule has 2 amide bonds. The topological polar surface area (TPSA) is 54.5 Å². The summed E-state index contributed by atoms with van der Waals surface area (Å²) >= 11 is 0. The Hall–Kier alpha value is -2.23. The fourth-order valence-electron chi connectivity index (χ4n) is 1.93. The Morgan fingerprint density at radius 1 is 1.06 bits per heavy atom. The SMILES string of the molecule is O=[C]CCCc1ccccc1N1C(=O)C=CC1=O. The van der Waals surface area contributed by atoms with Crippen molar-refractivity contribution in [3.8, 4) is 0 Å². The van der Waals surface area contributed by atoms with Crippen LogP contribution in [-0.4, -0.2) is 18.1 Å². The standard InChI is InChI=1S/C14H12NO3/c16-10-4-3-6-11-5-1-2-7-12(11)15-13(17)8-9-14(15)18/h1-2,5,7-9H,3-4,6H2. The summed E-state index contributed by atoms with van der Waals surface area (Å²) in [5.41, 5.74) is 1.49.